The molecule has 1 aliphatic heterocycles. The molecule has 16 heavy (non-hydrogen) atoms. The van der Waals surface area contributed by atoms with Gasteiger partial charge in [0.15, 0.2) is 0 Å². The molecule has 0 radical (unpaired) electrons. The third-order valence-corrected chi connectivity index (χ3v) is 3.57. The van der Waals surface area contributed by atoms with Crippen LogP contribution in [0.25, 0.3) is 0 Å². The SMILES string of the molecule is CCCc1nsc(N2CC(C)NC(C)C2)n1. The van der Waals surface area contributed by atoms with Crippen LogP contribution in [-0.2, 0) is 6.42 Å². The van der Waals surface area contributed by atoms with Crippen LogP contribution in [0.1, 0.15) is 33.0 Å². The second kappa shape index (κ2) is 5.10. The normalized spacial score (nSPS) is 26.1. The number of hydrogen-bond donors (Lipinski definition) is 1. The minimum atomic E-state index is 0.530. The zero-order valence-electron chi connectivity index (χ0n) is 10.2. The summed E-state index contributed by atoms with van der Waals surface area (Å²) < 4.78 is 4.40. The lowest BCUT2D eigenvalue weighted by Crippen LogP contribution is -2.54. The topological polar surface area (TPSA) is 41.1 Å². The van der Waals surface area contributed by atoms with Gasteiger partial charge in [0.05, 0.1) is 0 Å². The van der Waals surface area contributed by atoms with Crippen molar-refractivity contribution in [2.75, 3.05) is 18.0 Å². The van der Waals surface area contributed by atoms with Crippen molar-refractivity contribution < 1.29 is 0 Å². The summed E-state index contributed by atoms with van der Waals surface area (Å²) in [5.74, 6) is 1.00. The Balaban J connectivity index is 2.04. The average Bonchev–Trinajstić information content (AvgIpc) is 2.65. The number of aryl methyl sites for hydroxylation is 1. The standard InChI is InChI=1S/C11H20N4S/c1-4-5-10-13-11(16-14-10)15-6-8(2)12-9(3)7-15/h8-9,12H,4-7H2,1-3H3. The molecule has 0 bridgehead atoms. The van der Waals surface area contributed by atoms with Gasteiger partial charge in [-0.05, 0) is 20.3 Å². The maximum absolute atomic E-state index is 4.60. The van der Waals surface area contributed by atoms with E-state index in [-0.39, 0.29) is 0 Å². The first-order chi connectivity index (χ1) is 7.69. The molecule has 0 spiro atoms. The molecule has 0 saturated carbocycles. The molecule has 1 saturated heterocycles. The van der Waals surface area contributed by atoms with Crippen LogP contribution in [0.5, 0.6) is 0 Å². The van der Waals surface area contributed by atoms with Gasteiger partial charge in [-0.15, -0.1) is 0 Å². The van der Waals surface area contributed by atoms with E-state index in [1.807, 2.05) is 0 Å². The molecule has 1 aromatic rings. The lowest BCUT2D eigenvalue weighted by atomic mass is 10.2. The summed E-state index contributed by atoms with van der Waals surface area (Å²) >= 11 is 1.54. The van der Waals surface area contributed by atoms with Crippen LogP contribution in [0, 0.1) is 0 Å². The fraction of sp³-hybridized carbons (Fsp3) is 0.818. The van der Waals surface area contributed by atoms with Gasteiger partial charge in [-0.2, -0.15) is 4.37 Å². The van der Waals surface area contributed by atoms with E-state index in [1.54, 1.807) is 0 Å². The fourth-order valence-corrected chi connectivity index (χ4v) is 2.91. The van der Waals surface area contributed by atoms with Crippen LogP contribution in [0.4, 0.5) is 5.13 Å². The Labute approximate surface area is 101 Å². The smallest absolute Gasteiger partial charge is 0.205 e. The molecule has 1 N–H and O–H groups in total. The summed E-state index contributed by atoms with van der Waals surface area (Å²) in [6.45, 7) is 8.67. The molecule has 1 fully saturated rings. The zero-order valence-corrected chi connectivity index (χ0v) is 11.0. The number of hydrogen-bond acceptors (Lipinski definition) is 5. The van der Waals surface area contributed by atoms with Gasteiger partial charge in [0.25, 0.3) is 0 Å². The predicted octanol–water partition coefficient (Wildman–Crippen LogP) is 1.68. The predicted molar refractivity (Wildman–Crippen MR) is 68.2 cm³/mol. The van der Waals surface area contributed by atoms with E-state index in [0.29, 0.717) is 12.1 Å². The number of rotatable bonds is 3. The average molecular weight is 240 g/mol. The number of anilines is 1. The van der Waals surface area contributed by atoms with Crippen LogP contribution in [0.3, 0.4) is 0 Å². The summed E-state index contributed by atoms with van der Waals surface area (Å²) in [4.78, 5) is 6.95. The van der Waals surface area contributed by atoms with Gasteiger partial charge in [-0.1, -0.05) is 6.92 Å². The Morgan fingerprint density at radius 1 is 1.38 bits per heavy atom. The first kappa shape index (κ1) is 11.8. The van der Waals surface area contributed by atoms with Crippen molar-refractivity contribution in [2.45, 2.75) is 45.7 Å². The highest BCUT2D eigenvalue weighted by Gasteiger charge is 2.23. The van der Waals surface area contributed by atoms with Crippen molar-refractivity contribution in [3.8, 4) is 0 Å². The number of aromatic nitrogens is 2. The quantitative estimate of drug-likeness (QED) is 0.872. The fourth-order valence-electron chi connectivity index (χ4n) is 2.18. The van der Waals surface area contributed by atoms with E-state index in [4.69, 9.17) is 0 Å². The third kappa shape index (κ3) is 2.71. The minimum Gasteiger partial charge on any atom is -0.344 e. The maximum atomic E-state index is 4.60. The van der Waals surface area contributed by atoms with Crippen LogP contribution in [-0.4, -0.2) is 34.5 Å². The van der Waals surface area contributed by atoms with Crippen molar-refractivity contribution in [2.24, 2.45) is 0 Å². The molecular weight excluding hydrogens is 220 g/mol. The molecule has 4 nitrogen and oxygen atoms in total. The molecule has 2 unspecified atom stereocenters. The highest BCUT2D eigenvalue weighted by Crippen LogP contribution is 2.20. The van der Waals surface area contributed by atoms with E-state index in [9.17, 15) is 0 Å². The molecule has 0 aliphatic carbocycles. The molecule has 2 heterocycles. The third-order valence-electron chi connectivity index (χ3n) is 2.76. The Hall–Kier alpha value is -0.680. The Kier molecular flexibility index (Phi) is 3.76. The van der Waals surface area contributed by atoms with Gasteiger partial charge < -0.3 is 10.2 Å². The largest absolute Gasteiger partial charge is 0.344 e. The molecule has 2 rings (SSSR count). The summed E-state index contributed by atoms with van der Waals surface area (Å²) in [5.41, 5.74) is 0. The monoisotopic (exact) mass is 240 g/mol. The first-order valence-electron chi connectivity index (χ1n) is 6.02. The van der Waals surface area contributed by atoms with Crippen molar-refractivity contribution in [1.29, 1.82) is 0 Å². The van der Waals surface area contributed by atoms with E-state index in [2.05, 4.69) is 40.3 Å². The van der Waals surface area contributed by atoms with Gasteiger partial charge in [0.1, 0.15) is 5.82 Å². The van der Waals surface area contributed by atoms with Gasteiger partial charge >= 0.3 is 0 Å². The number of nitrogens with one attached hydrogen (secondary N) is 1. The van der Waals surface area contributed by atoms with Crippen LogP contribution in [0.15, 0.2) is 0 Å². The molecule has 2 atom stereocenters. The summed E-state index contributed by atoms with van der Waals surface area (Å²) in [5, 5.41) is 4.61. The molecule has 0 aromatic carbocycles. The van der Waals surface area contributed by atoms with Crippen LogP contribution < -0.4 is 10.2 Å². The van der Waals surface area contributed by atoms with Crippen molar-refractivity contribution in [3.63, 3.8) is 0 Å². The van der Waals surface area contributed by atoms with Crippen molar-refractivity contribution >= 4 is 16.7 Å². The van der Waals surface area contributed by atoms with Gasteiger partial charge in [-0.3, -0.25) is 0 Å². The lowest BCUT2D eigenvalue weighted by Gasteiger charge is -2.35. The highest BCUT2D eigenvalue weighted by molar-refractivity contribution is 7.09. The van der Waals surface area contributed by atoms with E-state index in [1.165, 1.54) is 11.5 Å². The molecule has 90 valence electrons. The molecule has 1 aromatic heterocycles. The molecule has 5 heteroatoms. The summed E-state index contributed by atoms with van der Waals surface area (Å²) in [6, 6.07) is 1.06. The van der Waals surface area contributed by atoms with Crippen molar-refractivity contribution in [1.82, 2.24) is 14.7 Å². The Morgan fingerprint density at radius 2 is 2.06 bits per heavy atom. The van der Waals surface area contributed by atoms with Crippen LogP contribution in [0.2, 0.25) is 0 Å². The molecule has 1 aliphatic rings. The molecule has 0 amide bonds. The van der Waals surface area contributed by atoms with E-state index < -0.39 is 0 Å². The highest BCUT2D eigenvalue weighted by atomic mass is 32.1. The summed E-state index contributed by atoms with van der Waals surface area (Å²) in [6.07, 6.45) is 2.11. The number of nitrogens with zero attached hydrogens (tertiary/aromatic N) is 3. The summed E-state index contributed by atoms with van der Waals surface area (Å²) in [7, 11) is 0. The zero-order chi connectivity index (χ0) is 11.5. The Bertz CT molecular complexity index is 328. The van der Waals surface area contributed by atoms with E-state index >= 15 is 0 Å². The minimum absolute atomic E-state index is 0.530. The van der Waals surface area contributed by atoms with Crippen molar-refractivity contribution in [3.05, 3.63) is 5.82 Å². The van der Waals surface area contributed by atoms with E-state index in [0.717, 1.165) is 36.9 Å². The Morgan fingerprint density at radius 3 is 2.69 bits per heavy atom. The first-order valence-corrected chi connectivity index (χ1v) is 6.80. The van der Waals surface area contributed by atoms with Crippen LogP contribution >= 0.6 is 11.5 Å². The van der Waals surface area contributed by atoms with Gasteiger partial charge in [0.2, 0.25) is 5.13 Å². The maximum Gasteiger partial charge on any atom is 0.205 e. The second-order valence-electron chi connectivity index (χ2n) is 4.62. The molecular formula is C11H20N4S. The second-order valence-corrected chi connectivity index (χ2v) is 5.35. The number of piperazine rings is 1. The van der Waals surface area contributed by atoms with Gasteiger partial charge in [0, 0.05) is 43.1 Å². The lowest BCUT2D eigenvalue weighted by molar-refractivity contribution is 0.406. The van der Waals surface area contributed by atoms with Gasteiger partial charge in [-0.25, -0.2) is 4.98 Å².